The van der Waals surface area contributed by atoms with Crippen LogP contribution in [0.5, 0.6) is 0 Å². The molecule has 8 nitrogen and oxygen atoms in total. The summed E-state index contributed by atoms with van der Waals surface area (Å²) in [5.41, 5.74) is 9.61. The van der Waals surface area contributed by atoms with Crippen LogP contribution in [-0.4, -0.2) is 45.9 Å². The number of rotatable bonds is 2. The van der Waals surface area contributed by atoms with Gasteiger partial charge in [-0.15, -0.1) is 0 Å². The van der Waals surface area contributed by atoms with Crippen LogP contribution < -0.4 is 10.6 Å². The molecule has 0 aliphatic carbocycles. The summed E-state index contributed by atoms with van der Waals surface area (Å²) in [7, 11) is 0. The minimum Gasteiger partial charge on any atom is -0.424 e. The number of ether oxygens (including phenoxy) is 1. The lowest BCUT2D eigenvalue weighted by Crippen LogP contribution is -2.37. The summed E-state index contributed by atoms with van der Waals surface area (Å²) in [6.45, 7) is 3.11. The van der Waals surface area contributed by atoms with Crippen molar-refractivity contribution in [1.82, 2.24) is 19.6 Å². The molecule has 25 heavy (non-hydrogen) atoms. The summed E-state index contributed by atoms with van der Waals surface area (Å²) < 4.78 is 12.6. The fraction of sp³-hybridized carbons (Fsp3) is 0.235. The molecule has 1 aliphatic rings. The highest BCUT2D eigenvalue weighted by molar-refractivity contribution is 5.80. The molecule has 1 fully saturated rings. The van der Waals surface area contributed by atoms with Crippen molar-refractivity contribution < 1.29 is 9.15 Å². The number of hydrogen-bond acceptors (Lipinski definition) is 7. The van der Waals surface area contributed by atoms with Gasteiger partial charge in [0.05, 0.1) is 25.1 Å². The van der Waals surface area contributed by atoms with Crippen molar-refractivity contribution in [2.75, 3.05) is 36.9 Å². The molecule has 1 saturated heterocycles. The van der Waals surface area contributed by atoms with E-state index in [1.807, 2.05) is 41.0 Å². The lowest BCUT2D eigenvalue weighted by Gasteiger charge is -2.27. The minimum atomic E-state index is 0.166. The Morgan fingerprint density at radius 3 is 2.84 bits per heavy atom. The number of oxazole rings is 1. The summed E-state index contributed by atoms with van der Waals surface area (Å²) in [5, 5.41) is 4.78. The Morgan fingerprint density at radius 1 is 1.08 bits per heavy atom. The van der Waals surface area contributed by atoms with Gasteiger partial charge < -0.3 is 19.8 Å². The van der Waals surface area contributed by atoms with E-state index in [9.17, 15) is 0 Å². The maximum absolute atomic E-state index is 5.62. The molecule has 0 spiro atoms. The lowest BCUT2D eigenvalue weighted by molar-refractivity contribution is 0.122. The molecule has 1 aliphatic heterocycles. The van der Waals surface area contributed by atoms with E-state index in [1.54, 1.807) is 0 Å². The molecule has 3 aromatic heterocycles. The Hall–Kier alpha value is -3.13. The molecule has 4 heterocycles. The van der Waals surface area contributed by atoms with Crippen molar-refractivity contribution in [3.05, 3.63) is 36.5 Å². The molecule has 126 valence electrons. The summed E-state index contributed by atoms with van der Waals surface area (Å²) in [6.07, 6.45) is 1.86. The maximum Gasteiger partial charge on any atom is 0.292 e. The monoisotopic (exact) mass is 336 g/mol. The third-order valence-electron chi connectivity index (χ3n) is 4.38. The number of anilines is 2. The van der Waals surface area contributed by atoms with Crippen molar-refractivity contribution in [1.29, 1.82) is 0 Å². The highest BCUT2D eigenvalue weighted by atomic mass is 16.5. The number of morpholine rings is 1. The highest BCUT2D eigenvalue weighted by Gasteiger charge is 2.16. The molecule has 4 aromatic rings. The van der Waals surface area contributed by atoms with Gasteiger partial charge in [-0.25, -0.2) is 4.98 Å². The van der Waals surface area contributed by atoms with E-state index < -0.39 is 0 Å². The van der Waals surface area contributed by atoms with Crippen molar-refractivity contribution >= 4 is 28.6 Å². The lowest BCUT2D eigenvalue weighted by atomic mass is 10.1. The Kier molecular flexibility index (Phi) is 3.10. The van der Waals surface area contributed by atoms with Gasteiger partial charge in [0.25, 0.3) is 6.01 Å². The number of benzene rings is 1. The highest BCUT2D eigenvalue weighted by Crippen LogP contribution is 2.25. The summed E-state index contributed by atoms with van der Waals surface area (Å²) >= 11 is 0. The van der Waals surface area contributed by atoms with Gasteiger partial charge in [0.1, 0.15) is 5.52 Å². The minimum absolute atomic E-state index is 0.166. The Bertz CT molecular complexity index is 1060. The summed E-state index contributed by atoms with van der Waals surface area (Å²) in [5.74, 6) is 0.979. The average molecular weight is 336 g/mol. The molecule has 0 saturated carbocycles. The van der Waals surface area contributed by atoms with E-state index >= 15 is 0 Å². The predicted octanol–water partition coefficient (Wildman–Crippen LogP) is 1.96. The van der Waals surface area contributed by atoms with Crippen molar-refractivity contribution in [2.45, 2.75) is 0 Å². The van der Waals surface area contributed by atoms with Crippen LogP contribution in [0, 0.1) is 0 Å². The standard InChI is InChI=1S/C17H16N6O2/c18-17-20-13-9-11(1-3-14(13)25-17)12-2-4-15-19-10-16(23(15)21-12)22-5-7-24-8-6-22/h1-4,9-10H,5-8H2,(H2,18,20). The second-order valence-electron chi connectivity index (χ2n) is 5.94. The zero-order valence-electron chi connectivity index (χ0n) is 13.4. The first kappa shape index (κ1) is 14.2. The van der Waals surface area contributed by atoms with Crippen molar-refractivity contribution in [3.8, 4) is 11.3 Å². The molecule has 0 amide bonds. The molecule has 8 heteroatoms. The van der Waals surface area contributed by atoms with E-state index in [2.05, 4.69) is 14.9 Å². The molecule has 0 bridgehead atoms. The van der Waals surface area contributed by atoms with Crippen LogP contribution in [0.4, 0.5) is 11.8 Å². The van der Waals surface area contributed by atoms with E-state index in [0.717, 1.165) is 54.5 Å². The van der Waals surface area contributed by atoms with Gasteiger partial charge in [-0.05, 0) is 30.3 Å². The first-order valence-electron chi connectivity index (χ1n) is 8.12. The van der Waals surface area contributed by atoms with Gasteiger partial charge in [-0.1, -0.05) is 0 Å². The number of imidazole rings is 1. The Morgan fingerprint density at radius 2 is 1.96 bits per heavy atom. The average Bonchev–Trinajstić information content (AvgIpc) is 3.23. The summed E-state index contributed by atoms with van der Waals surface area (Å²) in [4.78, 5) is 10.9. The van der Waals surface area contributed by atoms with Gasteiger partial charge in [0.15, 0.2) is 17.0 Å². The molecule has 0 atom stereocenters. The van der Waals surface area contributed by atoms with Crippen LogP contribution in [0.15, 0.2) is 40.9 Å². The van der Waals surface area contributed by atoms with Crippen LogP contribution in [0.3, 0.4) is 0 Å². The number of aromatic nitrogens is 4. The van der Waals surface area contributed by atoms with E-state index in [0.29, 0.717) is 5.58 Å². The molecular formula is C17H16N6O2. The second-order valence-corrected chi connectivity index (χ2v) is 5.94. The van der Waals surface area contributed by atoms with Crippen molar-refractivity contribution in [3.63, 3.8) is 0 Å². The molecule has 1 aromatic carbocycles. The van der Waals surface area contributed by atoms with Gasteiger partial charge in [-0.3, -0.25) is 0 Å². The predicted molar refractivity (Wildman–Crippen MR) is 93.4 cm³/mol. The van der Waals surface area contributed by atoms with Gasteiger partial charge in [0, 0.05) is 18.7 Å². The van der Waals surface area contributed by atoms with Crippen LogP contribution in [0.25, 0.3) is 28.0 Å². The van der Waals surface area contributed by atoms with Crippen LogP contribution in [0.2, 0.25) is 0 Å². The largest absolute Gasteiger partial charge is 0.424 e. The van der Waals surface area contributed by atoms with E-state index in [4.69, 9.17) is 20.0 Å². The van der Waals surface area contributed by atoms with Crippen molar-refractivity contribution in [2.24, 2.45) is 0 Å². The Labute approximate surface area is 142 Å². The molecule has 2 N–H and O–H groups in total. The first-order chi connectivity index (χ1) is 12.3. The molecule has 0 unspecified atom stereocenters. The quantitative estimate of drug-likeness (QED) is 0.598. The smallest absolute Gasteiger partial charge is 0.292 e. The number of fused-ring (bicyclic) bond motifs is 2. The van der Waals surface area contributed by atoms with Crippen LogP contribution in [-0.2, 0) is 4.74 Å². The third-order valence-corrected chi connectivity index (χ3v) is 4.38. The fourth-order valence-corrected chi connectivity index (χ4v) is 3.13. The SMILES string of the molecule is Nc1nc2cc(-c3ccc4ncc(N5CCOCC5)n4n3)ccc2o1. The number of hydrogen-bond donors (Lipinski definition) is 1. The van der Waals surface area contributed by atoms with Gasteiger partial charge in [0.2, 0.25) is 0 Å². The number of nitrogens with two attached hydrogens (primary N) is 1. The van der Waals surface area contributed by atoms with Gasteiger partial charge >= 0.3 is 0 Å². The molecule has 5 rings (SSSR count). The topological polar surface area (TPSA) is 94.7 Å². The number of nitrogen functional groups attached to an aromatic ring is 1. The van der Waals surface area contributed by atoms with Crippen LogP contribution in [0.1, 0.15) is 0 Å². The Balaban J connectivity index is 1.60. The van der Waals surface area contributed by atoms with E-state index in [1.165, 1.54) is 0 Å². The zero-order chi connectivity index (χ0) is 16.8. The molecular weight excluding hydrogens is 320 g/mol. The van der Waals surface area contributed by atoms with Crippen LogP contribution >= 0.6 is 0 Å². The zero-order valence-corrected chi connectivity index (χ0v) is 13.4. The maximum atomic E-state index is 5.62. The third kappa shape index (κ3) is 2.38. The second kappa shape index (κ2) is 5.45. The fourth-order valence-electron chi connectivity index (χ4n) is 3.13. The first-order valence-corrected chi connectivity index (χ1v) is 8.12. The van der Waals surface area contributed by atoms with E-state index in [-0.39, 0.29) is 6.01 Å². The number of nitrogens with zero attached hydrogens (tertiary/aromatic N) is 5. The van der Waals surface area contributed by atoms with Gasteiger partial charge in [-0.2, -0.15) is 14.6 Å². The normalized spacial score (nSPS) is 15.3. The summed E-state index contributed by atoms with van der Waals surface area (Å²) in [6, 6.07) is 9.82. The molecule has 0 radical (unpaired) electrons.